The molecule has 2 fully saturated rings. The Labute approximate surface area is 185 Å². The normalized spacial score (nSPS) is 24.9. The van der Waals surface area contributed by atoms with Crippen LogP contribution in [-0.2, 0) is 17.8 Å². The lowest BCUT2D eigenvalue weighted by molar-refractivity contribution is -0.137. The van der Waals surface area contributed by atoms with Gasteiger partial charge in [0.15, 0.2) is 0 Å². The summed E-state index contributed by atoms with van der Waals surface area (Å²) in [6.45, 7) is 3.66. The van der Waals surface area contributed by atoms with Crippen molar-refractivity contribution in [1.29, 1.82) is 0 Å². The molecule has 0 spiro atoms. The molecule has 7 heteroatoms. The summed E-state index contributed by atoms with van der Waals surface area (Å²) in [7, 11) is 2.17. The predicted molar refractivity (Wildman–Crippen MR) is 120 cm³/mol. The van der Waals surface area contributed by atoms with Gasteiger partial charge in [0.05, 0.1) is 0 Å². The van der Waals surface area contributed by atoms with E-state index in [-0.39, 0.29) is 24.9 Å². The first kappa shape index (κ1) is 22.9. The van der Waals surface area contributed by atoms with E-state index in [9.17, 15) is 9.59 Å². The van der Waals surface area contributed by atoms with Crippen LogP contribution < -0.4 is 4.90 Å². The molecule has 1 N–H and O–H groups in total. The van der Waals surface area contributed by atoms with Crippen molar-refractivity contribution in [1.82, 2.24) is 9.80 Å². The van der Waals surface area contributed by atoms with E-state index in [0.717, 1.165) is 76.8 Å². The number of halogens is 1. The summed E-state index contributed by atoms with van der Waals surface area (Å²) in [6.07, 6.45) is 7.35. The molecule has 1 saturated heterocycles. The van der Waals surface area contributed by atoms with Gasteiger partial charge in [-0.05, 0) is 87.7 Å². The lowest BCUT2D eigenvalue weighted by Crippen LogP contribution is -2.41. The molecule has 0 unspecified atom stereocenters. The number of anilines is 1. The van der Waals surface area contributed by atoms with E-state index in [2.05, 4.69) is 35.0 Å². The number of nitrogens with zero attached hydrogens (tertiary/aromatic N) is 3. The van der Waals surface area contributed by atoms with Gasteiger partial charge in [-0.25, -0.2) is 4.79 Å². The van der Waals surface area contributed by atoms with Gasteiger partial charge in [0, 0.05) is 37.8 Å². The van der Waals surface area contributed by atoms with Crippen molar-refractivity contribution >= 4 is 30.1 Å². The van der Waals surface area contributed by atoms with Gasteiger partial charge in [-0.3, -0.25) is 9.69 Å². The summed E-state index contributed by atoms with van der Waals surface area (Å²) in [4.78, 5) is 30.3. The Balaban J connectivity index is 0.00000256. The fraction of sp³-hybridized carbons (Fsp3) is 0.652. The highest BCUT2D eigenvalue weighted by atomic mass is 35.5. The van der Waals surface area contributed by atoms with E-state index in [1.54, 1.807) is 0 Å². The van der Waals surface area contributed by atoms with Crippen LogP contribution in [0.4, 0.5) is 10.5 Å². The third kappa shape index (κ3) is 5.09. The van der Waals surface area contributed by atoms with E-state index in [0.29, 0.717) is 12.0 Å². The Morgan fingerprint density at radius 1 is 1.10 bits per heavy atom. The van der Waals surface area contributed by atoms with Crippen molar-refractivity contribution in [3.05, 3.63) is 29.3 Å². The van der Waals surface area contributed by atoms with E-state index in [1.807, 2.05) is 4.90 Å². The molecular formula is C23H34ClN3O3. The van der Waals surface area contributed by atoms with Gasteiger partial charge in [-0.1, -0.05) is 6.07 Å². The van der Waals surface area contributed by atoms with Crippen LogP contribution in [-0.4, -0.2) is 59.6 Å². The number of fused-ring (bicyclic) bond motifs is 1. The fourth-order valence-corrected chi connectivity index (χ4v) is 5.28. The standard InChI is InChI=1S/C23H33N3O3.ClH/c1-24-12-2-3-18-15-21(10-7-19(18)16-24)26-14-13-25(23(26)29)20-8-4-17(5-9-20)6-11-22(27)28;/h7,10,15,17,20H,2-6,8-9,11-14,16H2,1H3,(H,27,28);1H. The summed E-state index contributed by atoms with van der Waals surface area (Å²) in [5, 5.41) is 8.88. The molecule has 0 radical (unpaired) electrons. The number of carboxylic acid groups (broad SMARTS) is 1. The van der Waals surface area contributed by atoms with E-state index in [4.69, 9.17) is 5.11 Å². The predicted octanol–water partition coefficient (Wildman–Crippen LogP) is 4.15. The van der Waals surface area contributed by atoms with Gasteiger partial charge < -0.3 is 14.9 Å². The quantitative estimate of drug-likeness (QED) is 0.754. The average Bonchev–Trinajstić information content (AvgIpc) is 2.98. The van der Waals surface area contributed by atoms with Crippen LogP contribution in [0.25, 0.3) is 0 Å². The van der Waals surface area contributed by atoms with Crippen molar-refractivity contribution < 1.29 is 14.7 Å². The van der Waals surface area contributed by atoms with Gasteiger partial charge >= 0.3 is 12.0 Å². The number of hydrogen-bond acceptors (Lipinski definition) is 3. The minimum absolute atomic E-state index is 0. The molecule has 0 atom stereocenters. The molecule has 1 aliphatic carbocycles. The number of aryl methyl sites for hydroxylation is 1. The zero-order valence-corrected chi connectivity index (χ0v) is 18.7. The summed E-state index contributed by atoms with van der Waals surface area (Å²) in [5.74, 6) is -0.205. The minimum atomic E-state index is -0.704. The molecule has 0 aromatic heterocycles. The Morgan fingerprint density at radius 3 is 2.60 bits per heavy atom. The second-order valence-corrected chi connectivity index (χ2v) is 9.03. The van der Waals surface area contributed by atoms with E-state index < -0.39 is 5.97 Å². The molecule has 4 rings (SSSR count). The van der Waals surface area contributed by atoms with Gasteiger partial charge in [0.2, 0.25) is 0 Å². The number of benzene rings is 1. The third-order valence-electron chi connectivity index (χ3n) is 6.99. The lowest BCUT2D eigenvalue weighted by Gasteiger charge is -2.34. The lowest BCUT2D eigenvalue weighted by atomic mass is 9.83. The monoisotopic (exact) mass is 435 g/mol. The maximum Gasteiger partial charge on any atom is 0.324 e. The Hall–Kier alpha value is -1.79. The van der Waals surface area contributed by atoms with Crippen LogP contribution >= 0.6 is 12.4 Å². The van der Waals surface area contributed by atoms with Gasteiger partial charge in [0.25, 0.3) is 0 Å². The van der Waals surface area contributed by atoms with E-state index in [1.165, 1.54) is 11.1 Å². The number of carbonyl (C=O) groups excluding carboxylic acids is 1. The molecule has 0 bridgehead atoms. The molecule has 1 saturated carbocycles. The fourth-order valence-electron chi connectivity index (χ4n) is 5.28. The average molecular weight is 436 g/mol. The number of carboxylic acids is 1. The zero-order valence-electron chi connectivity index (χ0n) is 17.9. The van der Waals surface area contributed by atoms with Crippen LogP contribution in [0.2, 0.25) is 0 Å². The van der Waals surface area contributed by atoms with Crippen LogP contribution in [0.5, 0.6) is 0 Å². The first-order valence-corrected chi connectivity index (χ1v) is 11.1. The number of urea groups is 1. The Kier molecular flexibility index (Phi) is 7.64. The molecule has 1 aromatic rings. The number of rotatable bonds is 5. The maximum absolute atomic E-state index is 13.2. The third-order valence-corrected chi connectivity index (χ3v) is 6.99. The number of aliphatic carboxylic acids is 1. The second kappa shape index (κ2) is 10.0. The van der Waals surface area contributed by atoms with Crippen molar-refractivity contribution in [3.63, 3.8) is 0 Å². The van der Waals surface area contributed by atoms with Gasteiger partial charge in [0.1, 0.15) is 0 Å². The Bertz CT molecular complexity index is 764. The molecule has 30 heavy (non-hydrogen) atoms. The van der Waals surface area contributed by atoms with Gasteiger partial charge in [-0.15, -0.1) is 12.4 Å². The highest BCUT2D eigenvalue weighted by Crippen LogP contribution is 2.33. The number of hydrogen-bond donors (Lipinski definition) is 1. The molecule has 3 aliphatic rings. The van der Waals surface area contributed by atoms with Crippen molar-refractivity contribution in [2.45, 2.75) is 64.0 Å². The molecular weight excluding hydrogens is 402 g/mol. The van der Waals surface area contributed by atoms with E-state index >= 15 is 0 Å². The summed E-state index contributed by atoms with van der Waals surface area (Å²) in [5.41, 5.74) is 3.81. The largest absolute Gasteiger partial charge is 0.481 e. The van der Waals surface area contributed by atoms with Crippen molar-refractivity contribution in [2.75, 3.05) is 31.6 Å². The van der Waals surface area contributed by atoms with Gasteiger partial charge in [-0.2, -0.15) is 0 Å². The molecule has 2 aliphatic heterocycles. The van der Waals surface area contributed by atoms with Crippen molar-refractivity contribution in [2.24, 2.45) is 5.92 Å². The molecule has 2 heterocycles. The molecule has 1 aromatic carbocycles. The highest BCUT2D eigenvalue weighted by Gasteiger charge is 2.36. The first-order valence-electron chi connectivity index (χ1n) is 11.1. The number of amides is 2. The smallest absolute Gasteiger partial charge is 0.324 e. The zero-order chi connectivity index (χ0) is 20.4. The topological polar surface area (TPSA) is 64.1 Å². The molecule has 166 valence electrons. The first-order chi connectivity index (χ1) is 14.0. The van der Waals surface area contributed by atoms with Crippen LogP contribution in [0.1, 0.15) is 56.1 Å². The Morgan fingerprint density at radius 2 is 1.87 bits per heavy atom. The highest BCUT2D eigenvalue weighted by molar-refractivity contribution is 5.94. The number of carbonyl (C=O) groups is 2. The van der Waals surface area contributed by atoms with Crippen molar-refractivity contribution in [3.8, 4) is 0 Å². The summed E-state index contributed by atoms with van der Waals surface area (Å²) < 4.78 is 0. The minimum Gasteiger partial charge on any atom is -0.481 e. The SMILES string of the molecule is CN1CCCc2cc(N3CCN(C4CCC(CCC(=O)O)CC4)C3=O)ccc2C1.Cl. The summed E-state index contributed by atoms with van der Waals surface area (Å²) >= 11 is 0. The summed E-state index contributed by atoms with van der Waals surface area (Å²) in [6, 6.07) is 7.00. The van der Waals surface area contributed by atoms with Crippen LogP contribution in [0, 0.1) is 5.92 Å². The van der Waals surface area contributed by atoms with Crippen LogP contribution in [0.15, 0.2) is 18.2 Å². The molecule has 2 amide bonds. The second-order valence-electron chi connectivity index (χ2n) is 9.03. The van der Waals surface area contributed by atoms with Crippen LogP contribution in [0.3, 0.4) is 0 Å². The molecule has 6 nitrogen and oxygen atoms in total. The maximum atomic E-state index is 13.2.